The lowest BCUT2D eigenvalue weighted by atomic mass is 9.86. The van der Waals surface area contributed by atoms with Crippen LogP contribution in [-0.2, 0) is 6.54 Å². The fourth-order valence-electron chi connectivity index (χ4n) is 4.66. The minimum Gasteiger partial charge on any atom is -0.493 e. The summed E-state index contributed by atoms with van der Waals surface area (Å²) in [6, 6.07) is 14.6. The van der Waals surface area contributed by atoms with Gasteiger partial charge in [-0.3, -0.25) is 0 Å². The third-order valence-corrected chi connectivity index (χ3v) is 6.42. The number of methoxy groups -OCH3 is 2. The predicted octanol–water partition coefficient (Wildman–Crippen LogP) is 4.47. The first kappa shape index (κ1) is 23.1. The number of rotatable bonds is 9. The van der Waals surface area contributed by atoms with Gasteiger partial charge in [0.15, 0.2) is 11.5 Å². The Hall–Kier alpha value is -3.06. The van der Waals surface area contributed by atoms with Gasteiger partial charge in [-0.25, -0.2) is 4.98 Å². The average molecular weight is 450 g/mol. The summed E-state index contributed by atoms with van der Waals surface area (Å²) in [5, 5.41) is 8.29. The molecule has 1 aliphatic rings. The quantitative estimate of drug-likeness (QED) is 0.499. The predicted molar refractivity (Wildman–Crippen MR) is 134 cm³/mol. The van der Waals surface area contributed by atoms with Crippen LogP contribution < -0.4 is 25.0 Å². The van der Waals surface area contributed by atoms with Crippen LogP contribution in [0.5, 0.6) is 11.5 Å². The highest BCUT2D eigenvalue weighted by Crippen LogP contribution is 2.31. The summed E-state index contributed by atoms with van der Waals surface area (Å²) in [5.74, 6) is 3.94. The summed E-state index contributed by atoms with van der Waals surface area (Å²) in [4.78, 5) is 11.6. The molecule has 1 aromatic heterocycles. The molecular formula is C26H35N5O2. The molecule has 1 saturated carbocycles. The maximum absolute atomic E-state index is 5.54. The lowest BCUT2D eigenvalue weighted by Gasteiger charge is -2.29. The van der Waals surface area contributed by atoms with Gasteiger partial charge in [-0.2, -0.15) is 4.98 Å². The molecule has 0 bridgehead atoms. The van der Waals surface area contributed by atoms with E-state index in [1.54, 1.807) is 14.2 Å². The van der Waals surface area contributed by atoms with Gasteiger partial charge < -0.3 is 25.0 Å². The molecule has 0 aliphatic heterocycles. The molecule has 0 amide bonds. The minimum absolute atomic E-state index is 0.413. The van der Waals surface area contributed by atoms with Crippen molar-refractivity contribution in [1.82, 2.24) is 15.3 Å². The van der Waals surface area contributed by atoms with E-state index in [0.717, 1.165) is 65.7 Å². The van der Waals surface area contributed by atoms with Gasteiger partial charge in [0.25, 0.3) is 0 Å². The number of nitrogens with one attached hydrogen (secondary N) is 2. The number of nitrogens with zero attached hydrogens (tertiary/aromatic N) is 3. The standard InChI is InChI=1S/C26H35N5O2/c1-31(2)25-21-9-5-6-10-22(21)29-26(30-25)28-20-14-12-18(13-15-20)16-27-17-19-8-7-11-23(32-3)24(19)33-4/h5-11,18,20,27H,12-17H2,1-4H3,(H,28,29,30)/t18-,20-. The molecule has 1 fully saturated rings. The molecule has 3 aromatic rings. The second kappa shape index (κ2) is 10.7. The number of aromatic nitrogens is 2. The monoisotopic (exact) mass is 449 g/mol. The van der Waals surface area contributed by atoms with Gasteiger partial charge in [0.05, 0.1) is 19.7 Å². The summed E-state index contributed by atoms with van der Waals surface area (Å²) >= 11 is 0. The molecule has 33 heavy (non-hydrogen) atoms. The highest BCUT2D eigenvalue weighted by molar-refractivity contribution is 5.90. The van der Waals surface area contributed by atoms with Gasteiger partial charge in [-0.1, -0.05) is 24.3 Å². The Labute approximate surface area is 196 Å². The average Bonchev–Trinajstić information content (AvgIpc) is 2.84. The van der Waals surface area contributed by atoms with E-state index in [0.29, 0.717) is 12.0 Å². The Morgan fingerprint density at radius 2 is 1.73 bits per heavy atom. The first-order valence-corrected chi connectivity index (χ1v) is 11.7. The third kappa shape index (κ3) is 5.47. The molecule has 4 rings (SSSR count). The van der Waals surface area contributed by atoms with Gasteiger partial charge in [-0.15, -0.1) is 0 Å². The van der Waals surface area contributed by atoms with Crippen molar-refractivity contribution in [2.24, 2.45) is 5.92 Å². The van der Waals surface area contributed by atoms with E-state index in [2.05, 4.69) is 33.7 Å². The van der Waals surface area contributed by atoms with E-state index in [4.69, 9.17) is 19.4 Å². The zero-order chi connectivity index (χ0) is 23.2. The van der Waals surface area contributed by atoms with Crippen molar-refractivity contribution in [3.8, 4) is 11.5 Å². The largest absolute Gasteiger partial charge is 0.493 e. The van der Waals surface area contributed by atoms with Crippen LogP contribution in [0, 0.1) is 5.92 Å². The highest BCUT2D eigenvalue weighted by Gasteiger charge is 2.22. The zero-order valence-electron chi connectivity index (χ0n) is 20.1. The van der Waals surface area contributed by atoms with Crippen molar-refractivity contribution in [1.29, 1.82) is 0 Å². The van der Waals surface area contributed by atoms with Gasteiger partial charge in [-0.05, 0) is 56.3 Å². The fourth-order valence-corrected chi connectivity index (χ4v) is 4.66. The van der Waals surface area contributed by atoms with Crippen molar-refractivity contribution in [3.63, 3.8) is 0 Å². The number of anilines is 2. The van der Waals surface area contributed by atoms with E-state index < -0.39 is 0 Å². The number of hydrogen-bond acceptors (Lipinski definition) is 7. The molecule has 0 saturated heterocycles. The zero-order valence-corrected chi connectivity index (χ0v) is 20.1. The summed E-state index contributed by atoms with van der Waals surface area (Å²) in [5.41, 5.74) is 2.10. The summed E-state index contributed by atoms with van der Waals surface area (Å²) in [6.45, 7) is 1.78. The molecule has 1 heterocycles. The van der Waals surface area contributed by atoms with Crippen LogP contribution in [0.4, 0.5) is 11.8 Å². The maximum Gasteiger partial charge on any atom is 0.225 e. The number of fused-ring (bicyclic) bond motifs is 1. The lowest BCUT2D eigenvalue weighted by Crippen LogP contribution is -2.31. The normalized spacial score (nSPS) is 18.2. The second-order valence-electron chi connectivity index (χ2n) is 8.93. The molecule has 0 radical (unpaired) electrons. The van der Waals surface area contributed by atoms with Crippen LogP contribution in [0.3, 0.4) is 0 Å². The van der Waals surface area contributed by atoms with E-state index in [1.165, 1.54) is 12.8 Å². The molecular weight excluding hydrogens is 414 g/mol. The van der Waals surface area contributed by atoms with Crippen molar-refractivity contribution in [3.05, 3.63) is 48.0 Å². The Kier molecular flexibility index (Phi) is 7.50. The van der Waals surface area contributed by atoms with Crippen LogP contribution in [0.2, 0.25) is 0 Å². The van der Waals surface area contributed by atoms with Crippen LogP contribution in [0.25, 0.3) is 10.9 Å². The van der Waals surface area contributed by atoms with E-state index >= 15 is 0 Å². The van der Waals surface area contributed by atoms with E-state index in [1.807, 2.05) is 38.4 Å². The number of ether oxygens (including phenoxy) is 2. The maximum atomic E-state index is 5.54. The summed E-state index contributed by atoms with van der Waals surface area (Å²) in [6.07, 6.45) is 4.63. The molecule has 2 N–H and O–H groups in total. The van der Waals surface area contributed by atoms with Gasteiger partial charge in [0.1, 0.15) is 5.82 Å². The minimum atomic E-state index is 0.413. The second-order valence-corrected chi connectivity index (χ2v) is 8.93. The number of hydrogen-bond donors (Lipinski definition) is 2. The summed E-state index contributed by atoms with van der Waals surface area (Å²) in [7, 11) is 7.41. The molecule has 176 valence electrons. The van der Waals surface area contributed by atoms with Crippen molar-refractivity contribution in [2.75, 3.05) is 45.1 Å². The number of benzene rings is 2. The Bertz CT molecular complexity index is 1060. The fraction of sp³-hybridized carbons (Fsp3) is 0.462. The molecule has 2 aromatic carbocycles. The first-order chi connectivity index (χ1) is 16.1. The SMILES string of the molecule is COc1cccc(CNC[C@H]2CC[C@H](Nc3nc(N(C)C)c4ccccc4n3)CC2)c1OC. The van der Waals surface area contributed by atoms with Crippen molar-refractivity contribution in [2.45, 2.75) is 38.3 Å². The summed E-state index contributed by atoms with van der Waals surface area (Å²) < 4.78 is 10.9. The molecule has 7 heteroatoms. The van der Waals surface area contributed by atoms with Gasteiger partial charge in [0, 0.05) is 37.6 Å². The molecule has 0 atom stereocenters. The molecule has 7 nitrogen and oxygen atoms in total. The van der Waals surface area contributed by atoms with E-state index in [-0.39, 0.29) is 0 Å². The molecule has 1 aliphatic carbocycles. The Morgan fingerprint density at radius 1 is 0.939 bits per heavy atom. The Balaban J connectivity index is 1.29. The van der Waals surface area contributed by atoms with E-state index in [9.17, 15) is 0 Å². The van der Waals surface area contributed by atoms with Crippen LogP contribution in [0.1, 0.15) is 31.2 Å². The third-order valence-electron chi connectivity index (χ3n) is 6.42. The van der Waals surface area contributed by atoms with Crippen LogP contribution in [0.15, 0.2) is 42.5 Å². The lowest BCUT2D eigenvalue weighted by molar-refractivity contribution is 0.321. The highest BCUT2D eigenvalue weighted by atomic mass is 16.5. The van der Waals surface area contributed by atoms with Gasteiger partial charge in [0.2, 0.25) is 5.95 Å². The van der Waals surface area contributed by atoms with Crippen molar-refractivity contribution < 1.29 is 9.47 Å². The van der Waals surface area contributed by atoms with Crippen LogP contribution in [-0.4, -0.2) is 50.9 Å². The molecule has 0 unspecified atom stereocenters. The molecule has 0 spiro atoms. The first-order valence-electron chi connectivity index (χ1n) is 11.7. The smallest absolute Gasteiger partial charge is 0.225 e. The Morgan fingerprint density at radius 3 is 2.45 bits per heavy atom. The van der Waals surface area contributed by atoms with Gasteiger partial charge >= 0.3 is 0 Å². The topological polar surface area (TPSA) is 71.5 Å². The number of para-hydroxylation sites is 2. The van der Waals surface area contributed by atoms with Crippen LogP contribution >= 0.6 is 0 Å². The van der Waals surface area contributed by atoms with Crippen molar-refractivity contribution >= 4 is 22.7 Å².